The number of halogens is 1. The lowest BCUT2D eigenvalue weighted by molar-refractivity contribution is -0.136. The molecule has 0 fully saturated rings. The molecule has 8 heteroatoms. The second-order valence-electron chi connectivity index (χ2n) is 5.97. The molecule has 3 aromatic rings. The van der Waals surface area contributed by atoms with E-state index < -0.39 is 17.9 Å². The van der Waals surface area contributed by atoms with Gasteiger partial charge in [-0.05, 0) is 30.2 Å². The number of hydrogen-bond donors (Lipinski definition) is 2. The number of carbonyl (C=O) groups is 2. The number of anilines is 1. The van der Waals surface area contributed by atoms with Gasteiger partial charge >= 0.3 is 11.8 Å². The summed E-state index contributed by atoms with van der Waals surface area (Å²) in [4.78, 5) is 28.6. The van der Waals surface area contributed by atoms with Crippen LogP contribution in [0.5, 0.6) is 0 Å². The molecule has 2 amide bonds. The van der Waals surface area contributed by atoms with Crippen molar-refractivity contribution in [1.29, 1.82) is 0 Å². The van der Waals surface area contributed by atoms with Gasteiger partial charge in [0.2, 0.25) is 0 Å². The second kappa shape index (κ2) is 8.46. The lowest BCUT2D eigenvalue weighted by atomic mass is 10.1. The van der Waals surface area contributed by atoms with E-state index in [-0.39, 0.29) is 0 Å². The van der Waals surface area contributed by atoms with E-state index in [4.69, 9.17) is 11.6 Å². The van der Waals surface area contributed by atoms with Gasteiger partial charge in [0.1, 0.15) is 12.7 Å². The summed E-state index contributed by atoms with van der Waals surface area (Å²) in [6.45, 7) is 2.20. The first-order chi connectivity index (χ1) is 13.0. The fraction of sp³-hybridized carbons (Fsp3) is 0.158. The number of aryl methyl sites for hydroxylation is 1. The van der Waals surface area contributed by atoms with Crippen molar-refractivity contribution in [2.24, 2.45) is 0 Å². The Kier molecular flexibility index (Phi) is 5.83. The van der Waals surface area contributed by atoms with Gasteiger partial charge in [0.05, 0.1) is 12.6 Å². The van der Waals surface area contributed by atoms with Crippen LogP contribution < -0.4 is 10.6 Å². The van der Waals surface area contributed by atoms with Gasteiger partial charge in [0, 0.05) is 10.7 Å². The van der Waals surface area contributed by atoms with E-state index in [1.165, 1.54) is 6.33 Å². The van der Waals surface area contributed by atoms with Gasteiger partial charge in [0.15, 0.2) is 0 Å². The van der Waals surface area contributed by atoms with E-state index in [0.717, 1.165) is 11.1 Å². The highest BCUT2D eigenvalue weighted by Crippen LogP contribution is 2.20. The van der Waals surface area contributed by atoms with Crippen molar-refractivity contribution in [1.82, 2.24) is 20.1 Å². The highest BCUT2D eigenvalue weighted by Gasteiger charge is 2.21. The number of carbonyl (C=O) groups excluding carboxylic acids is 2. The van der Waals surface area contributed by atoms with Gasteiger partial charge in [-0.25, -0.2) is 4.98 Å². The van der Waals surface area contributed by atoms with Crippen molar-refractivity contribution in [3.8, 4) is 0 Å². The van der Waals surface area contributed by atoms with Crippen LogP contribution in [0.4, 0.5) is 5.69 Å². The fourth-order valence-corrected chi connectivity index (χ4v) is 2.70. The smallest absolute Gasteiger partial charge is 0.313 e. The molecule has 0 saturated carbocycles. The molecule has 1 aromatic heterocycles. The van der Waals surface area contributed by atoms with Crippen LogP contribution in [0.1, 0.15) is 17.2 Å². The summed E-state index contributed by atoms with van der Waals surface area (Å²) >= 11 is 6.05. The van der Waals surface area contributed by atoms with Gasteiger partial charge in [-0.1, -0.05) is 48.0 Å². The van der Waals surface area contributed by atoms with Gasteiger partial charge < -0.3 is 10.6 Å². The van der Waals surface area contributed by atoms with Crippen LogP contribution in [-0.4, -0.2) is 26.6 Å². The first kappa shape index (κ1) is 18.6. The van der Waals surface area contributed by atoms with Crippen molar-refractivity contribution in [2.45, 2.75) is 19.5 Å². The van der Waals surface area contributed by atoms with Crippen molar-refractivity contribution < 1.29 is 9.59 Å². The summed E-state index contributed by atoms with van der Waals surface area (Å²) in [5, 5.41) is 9.87. The molecule has 0 aliphatic carbocycles. The summed E-state index contributed by atoms with van der Waals surface area (Å²) in [5.74, 6) is -1.52. The van der Waals surface area contributed by atoms with Crippen molar-refractivity contribution in [2.75, 3.05) is 5.32 Å². The second-order valence-corrected chi connectivity index (χ2v) is 6.38. The van der Waals surface area contributed by atoms with Gasteiger partial charge in [-0.15, -0.1) is 0 Å². The zero-order chi connectivity index (χ0) is 19.2. The number of amides is 2. The van der Waals surface area contributed by atoms with Crippen LogP contribution >= 0.6 is 11.6 Å². The van der Waals surface area contributed by atoms with Crippen LogP contribution in [-0.2, 0) is 16.1 Å². The molecule has 0 aliphatic heterocycles. The lowest BCUT2D eigenvalue weighted by Gasteiger charge is -2.19. The molecule has 0 aliphatic rings. The Hall–Kier alpha value is -3.19. The third-order valence-electron chi connectivity index (χ3n) is 3.98. The normalized spacial score (nSPS) is 11.6. The van der Waals surface area contributed by atoms with Gasteiger partial charge in [-0.3, -0.25) is 14.3 Å². The number of nitrogens with one attached hydrogen (secondary N) is 2. The Bertz CT molecular complexity index is 929. The van der Waals surface area contributed by atoms with E-state index in [1.54, 1.807) is 29.2 Å². The molecule has 27 heavy (non-hydrogen) atoms. The molecule has 2 aromatic carbocycles. The molecule has 1 heterocycles. The van der Waals surface area contributed by atoms with Gasteiger partial charge in [0.25, 0.3) is 0 Å². The fourth-order valence-electron chi connectivity index (χ4n) is 2.52. The monoisotopic (exact) mass is 383 g/mol. The van der Waals surface area contributed by atoms with E-state index in [2.05, 4.69) is 20.7 Å². The highest BCUT2D eigenvalue weighted by molar-refractivity contribution is 6.40. The molecule has 0 radical (unpaired) electrons. The lowest BCUT2D eigenvalue weighted by Crippen LogP contribution is -2.39. The van der Waals surface area contributed by atoms with Crippen LogP contribution in [0, 0.1) is 6.92 Å². The molecule has 7 nitrogen and oxygen atoms in total. The van der Waals surface area contributed by atoms with E-state index in [9.17, 15) is 9.59 Å². The molecule has 138 valence electrons. The number of rotatable bonds is 5. The summed E-state index contributed by atoms with van der Waals surface area (Å²) < 4.78 is 1.59. The van der Waals surface area contributed by atoms with Gasteiger partial charge in [-0.2, -0.15) is 5.10 Å². The number of benzene rings is 2. The van der Waals surface area contributed by atoms with E-state index in [1.807, 2.05) is 37.3 Å². The minimum atomic E-state index is -0.769. The summed E-state index contributed by atoms with van der Waals surface area (Å²) in [5.41, 5.74) is 2.20. The molecule has 1 atom stereocenters. The summed E-state index contributed by atoms with van der Waals surface area (Å²) in [6.07, 6.45) is 2.97. The maximum Gasteiger partial charge on any atom is 0.313 e. The Balaban J connectivity index is 1.71. The zero-order valence-corrected chi connectivity index (χ0v) is 15.3. The molecule has 3 rings (SSSR count). The highest BCUT2D eigenvalue weighted by atomic mass is 35.5. The predicted molar refractivity (Wildman–Crippen MR) is 102 cm³/mol. The molecule has 0 bridgehead atoms. The molecular formula is C19H18ClN5O2. The molecular weight excluding hydrogens is 366 g/mol. The van der Waals surface area contributed by atoms with Crippen molar-refractivity contribution >= 4 is 29.1 Å². The predicted octanol–water partition coefficient (Wildman–Crippen LogP) is 2.74. The van der Waals surface area contributed by atoms with Crippen LogP contribution in [0.3, 0.4) is 0 Å². The average Bonchev–Trinajstić information content (AvgIpc) is 3.18. The van der Waals surface area contributed by atoms with E-state index >= 15 is 0 Å². The van der Waals surface area contributed by atoms with Crippen LogP contribution in [0.2, 0.25) is 5.02 Å². The minimum Gasteiger partial charge on any atom is -0.339 e. The Morgan fingerprint density at radius 1 is 1.15 bits per heavy atom. The van der Waals surface area contributed by atoms with E-state index in [0.29, 0.717) is 17.3 Å². The third-order valence-corrected chi connectivity index (χ3v) is 4.39. The molecule has 0 spiro atoms. The topological polar surface area (TPSA) is 88.9 Å². The SMILES string of the molecule is Cc1ccc(NC(=O)C(=O)NC(Cn2cncn2)c2ccccc2)cc1Cl. The molecule has 2 N–H and O–H groups in total. The zero-order valence-electron chi connectivity index (χ0n) is 14.6. The maximum absolute atomic E-state index is 12.4. The Morgan fingerprint density at radius 3 is 2.59 bits per heavy atom. The molecule has 0 saturated heterocycles. The number of hydrogen-bond acceptors (Lipinski definition) is 4. The first-order valence-corrected chi connectivity index (χ1v) is 8.66. The Labute approximate surface area is 161 Å². The largest absolute Gasteiger partial charge is 0.339 e. The number of nitrogens with zero attached hydrogens (tertiary/aromatic N) is 3. The summed E-state index contributed by atoms with van der Waals surface area (Å²) in [7, 11) is 0. The van der Waals surface area contributed by atoms with Crippen LogP contribution in [0.15, 0.2) is 61.2 Å². The minimum absolute atomic E-state index is 0.347. The third kappa shape index (κ3) is 4.92. The Morgan fingerprint density at radius 2 is 1.93 bits per heavy atom. The first-order valence-electron chi connectivity index (χ1n) is 8.28. The van der Waals surface area contributed by atoms with Crippen molar-refractivity contribution in [3.05, 3.63) is 77.3 Å². The maximum atomic E-state index is 12.4. The van der Waals surface area contributed by atoms with Crippen molar-refractivity contribution in [3.63, 3.8) is 0 Å². The molecule has 1 unspecified atom stereocenters. The standard InChI is InChI=1S/C19H18ClN5O2/c1-13-7-8-15(9-16(13)20)23-18(26)19(27)24-17(10-25-12-21-11-22-25)14-5-3-2-4-6-14/h2-9,11-12,17H,10H2,1H3,(H,23,26)(H,24,27). The average molecular weight is 384 g/mol. The van der Waals surface area contributed by atoms with Crippen LogP contribution in [0.25, 0.3) is 0 Å². The quantitative estimate of drug-likeness (QED) is 0.663. The number of aromatic nitrogens is 3. The summed E-state index contributed by atoms with van der Waals surface area (Å²) in [6, 6.07) is 14.0.